The van der Waals surface area contributed by atoms with Gasteiger partial charge in [-0.2, -0.15) is 8.42 Å². The quantitative estimate of drug-likeness (QED) is 0.227. The Morgan fingerprint density at radius 3 is 2.30 bits per heavy atom. The normalized spacial score (nSPS) is 10.7. The van der Waals surface area contributed by atoms with Crippen molar-refractivity contribution in [1.82, 2.24) is 10.6 Å². The van der Waals surface area contributed by atoms with Crippen LogP contribution in [-0.2, 0) is 19.6 Å². The third kappa shape index (κ3) is 12.8. The maximum absolute atomic E-state index is 11.2. The van der Waals surface area contributed by atoms with Gasteiger partial charge in [-0.1, -0.05) is 6.58 Å². The Bertz CT molecular complexity index is 421. The fourth-order valence-electron chi connectivity index (χ4n) is 1.18. The predicted octanol–water partition coefficient (Wildman–Crippen LogP) is 0.0729. The fraction of sp³-hybridized carbons (Fsp3) is 0.636. The number of rotatable bonds is 10. The molecule has 0 rings (SSSR count). The third-order valence-corrected chi connectivity index (χ3v) is 2.94. The minimum atomic E-state index is -3.93. The van der Waals surface area contributed by atoms with Crippen LogP contribution in [0.25, 0.3) is 0 Å². The zero-order chi connectivity index (χ0) is 15.4. The van der Waals surface area contributed by atoms with Gasteiger partial charge in [0, 0.05) is 19.2 Å². The summed E-state index contributed by atoms with van der Waals surface area (Å²) in [6, 6.07) is -0.382. The number of unbranched alkanes of at least 4 members (excludes halogenated alkanes) is 1. The highest BCUT2D eigenvalue weighted by Gasteiger charge is 2.04. The summed E-state index contributed by atoms with van der Waals surface area (Å²) in [6.07, 6.45) is 2.27. The summed E-state index contributed by atoms with van der Waals surface area (Å²) in [7, 11) is -3.93. The Labute approximate surface area is 118 Å². The molecule has 9 heteroatoms. The molecule has 0 aliphatic carbocycles. The molecule has 0 aliphatic rings. The van der Waals surface area contributed by atoms with E-state index in [0.717, 1.165) is 6.08 Å². The summed E-state index contributed by atoms with van der Waals surface area (Å²) in [6.45, 7) is 4.10. The summed E-state index contributed by atoms with van der Waals surface area (Å²) in [5.41, 5.74) is 0. The van der Waals surface area contributed by atoms with E-state index in [1.54, 1.807) is 0 Å². The Balaban J connectivity index is 3.42. The van der Waals surface area contributed by atoms with Gasteiger partial charge in [0.1, 0.15) is 0 Å². The monoisotopic (exact) mass is 308 g/mol. The van der Waals surface area contributed by atoms with E-state index in [1.807, 2.05) is 0 Å². The Morgan fingerprint density at radius 1 is 1.15 bits per heavy atom. The van der Waals surface area contributed by atoms with Gasteiger partial charge in [0.25, 0.3) is 10.1 Å². The van der Waals surface area contributed by atoms with Crippen molar-refractivity contribution in [2.24, 2.45) is 0 Å². The van der Waals surface area contributed by atoms with Crippen molar-refractivity contribution in [1.29, 1.82) is 0 Å². The molecule has 20 heavy (non-hydrogen) atoms. The summed E-state index contributed by atoms with van der Waals surface area (Å²) >= 11 is 0. The summed E-state index contributed by atoms with van der Waals surface area (Å²) in [5, 5.41) is 5.08. The molecule has 0 aromatic carbocycles. The molecule has 2 amide bonds. The first-order valence-electron chi connectivity index (χ1n) is 6.11. The minimum Gasteiger partial charge on any atom is -0.462 e. The molecule has 116 valence electrons. The highest BCUT2D eigenvalue weighted by molar-refractivity contribution is 7.85. The standard InChI is InChI=1S/C11H20N2O6S/c1-2-10(14)19-8-5-7-13-11(15)12-6-3-4-9-20(16,17)18/h2H,1,3-9H2,(H2,12,13,15)(H,16,17,18). The van der Waals surface area contributed by atoms with E-state index in [-0.39, 0.29) is 24.8 Å². The lowest BCUT2D eigenvalue weighted by atomic mass is 10.3. The van der Waals surface area contributed by atoms with Crippen LogP contribution >= 0.6 is 0 Å². The number of hydrogen-bond acceptors (Lipinski definition) is 5. The van der Waals surface area contributed by atoms with E-state index < -0.39 is 16.1 Å². The lowest BCUT2D eigenvalue weighted by Gasteiger charge is -2.07. The van der Waals surface area contributed by atoms with Crippen LogP contribution in [0.1, 0.15) is 19.3 Å². The van der Waals surface area contributed by atoms with Gasteiger partial charge in [0.15, 0.2) is 0 Å². The van der Waals surface area contributed by atoms with Gasteiger partial charge in [-0.15, -0.1) is 0 Å². The van der Waals surface area contributed by atoms with Gasteiger partial charge in [-0.3, -0.25) is 4.55 Å². The zero-order valence-electron chi connectivity index (χ0n) is 11.1. The molecule has 0 fully saturated rings. The van der Waals surface area contributed by atoms with Crippen molar-refractivity contribution in [3.63, 3.8) is 0 Å². The topological polar surface area (TPSA) is 122 Å². The highest BCUT2D eigenvalue weighted by Crippen LogP contribution is 1.92. The fourth-order valence-corrected chi connectivity index (χ4v) is 1.75. The number of esters is 1. The molecule has 0 aromatic rings. The lowest BCUT2D eigenvalue weighted by molar-refractivity contribution is -0.137. The molecule has 0 radical (unpaired) electrons. The zero-order valence-corrected chi connectivity index (χ0v) is 11.9. The SMILES string of the molecule is C=CC(=O)OCCCNC(=O)NCCCCS(=O)(=O)O. The molecule has 0 bridgehead atoms. The molecular weight excluding hydrogens is 288 g/mol. The van der Waals surface area contributed by atoms with Crippen molar-refractivity contribution >= 4 is 22.1 Å². The minimum absolute atomic E-state index is 0.194. The first-order valence-corrected chi connectivity index (χ1v) is 7.72. The van der Waals surface area contributed by atoms with Crippen molar-refractivity contribution in [3.8, 4) is 0 Å². The van der Waals surface area contributed by atoms with E-state index >= 15 is 0 Å². The summed E-state index contributed by atoms with van der Waals surface area (Å²) in [5.74, 6) is -0.821. The van der Waals surface area contributed by atoms with Crippen molar-refractivity contribution in [2.45, 2.75) is 19.3 Å². The Morgan fingerprint density at radius 2 is 1.75 bits per heavy atom. The smallest absolute Gasteiger partial charge is 0.330 e. The maximum Gasteiger partial charge on any atom is 0.330 e. The lowest BCUT2D eigenvalue weighted by Crippen LogP contribution is -2.36. The van der Waals surface area contributed by atoms with Crippen LogP contribution in [-0.4, -0.2) is 50.4 Å². The third-order valence-electron chi connectivity index (χ3n) is 2.13. The Kier molecular flexibility index (Phi) is 9.39. The maximum atomic E-state index is 11.2. The number of ether oxygens (including phenoxy) is 1. The second-order valence-corrected chi connectivity index (χ2v) is 5.47. The van der Waals surface area contributed by atoms with E-state index in [1.165, 1.54) is 0 Å². The largest absolute Gasteiger partial charge is 0.462 e. The molecule has 0 atom stereocenters. The molecular formula is C11H20N2O6S. The first kappa shape index (κ1) is 18.4. The van der Waals surface area contributed by atoms with Crippen LogP contribution in [0.5, 0.6) is 0 Å². The second-order valence-electron chi connectivity index (χ2n) is 3.90. The molecule has 3 N–H and O–H groups in total. The van der Waals surface area contributed by atoms with Crippen LogP contribution < -0.4 is 10.6 Å². The number of nitrogens with one attached hydrogen (secondary N) is 2. The molecule has 0 saturated heterocycles. The number of carbonyl (C=O) groups excluding carboxylic acids is 2. The van der Waals surface area contributed by atoms with Gasteiger partial charge in [0.2, 0.25) is 0 Å². The van der Waals surface area contributed by atoms with Crippen LogP contribution in [0.4, 0.5) is 4.79 Å². The van der Waals surface area contributed by atoms with Gasteiger partial charge < -0.3 is 15.4 Å². The van der Waals surface area contributed by atoms with Crippen molar-refractivity contribution < 1.29 is 27.3 Å². The molecule has 0 aromatic heterocycles. The Hall–Kier alpha value is -1.61. The molecule has 8 nitrogen and oxygen atoms in total. The van der Waals surface area contributed by atoms with Gasteiger partial charge in [-0.05, 0) is 19.3 Å². The van der Waals surface area contributed by atoms with Gasteiger partial charge >= 0.3 is 12.0 Å². The number of amides is 2. The van der Waals surface area contributed by atoms with Crippen LogP contribution in [0.3, 0.4) is 0 Å². The summed E-state index contributed by atoms with van der Waals surface area (Å²) in [4.78, 5) is 21.9. The number of carbonyl (C=O) groups is 2. The molecule has 0 spiro atoms. The van der Waals surface area contributed by atoms with E-state index in [4.69, 9.17) is 9.29 Å². The van der Waals surface area contributed by atoms with E-state index in [9.17, 15) is 18.0 Å². The first-order chi connectivity index (χ1) is 9.35. The van der Waals surface area contributed by atoms with Crippen LogP contribution in [0, 0.1) is 0 Å². The van der Waals surface area contributed by atoms with Crippen LogP contribution in [0.15, 0.2) is 12.7 Å². The highest BCUT2D eigenvalue weighted by atomic mass is 32.2. The number of hydrogen-bond donors (Lipinski definition) is 3. The van der Waals surface area contributed by atoms with E-state index in [2.05, 4.69) is 17.2 Å². The predicted molar refractivity (Wildman–Crippen MR) is 72.8 cm³/mol. The average molecular weight is 308 g/mol. The summed E-state index contributed by atoms with van der Waals surface area (Å²) < 4.78 is 34.0. The molecule has 0 aliphatic heterocycles. The second kappa shape index (κ2) is 10.2. The van der Waals surface area contributed by atoms with E-state index in [0.29, 0.717) is 25.9 Å². The van der Waals surface area contributed by atoms with Crippen LogP contribution in [0.2, 0.25) is 0 Å². The molecule has 0 heterocycles. The number of urea groups is 1. The molecule has 0 unspecified atom stereocenters. The van der Waals surface area contributed by atoms with Gasteiger partial charge in [-0.25, -0.2) is 9.59 Å². The van der Waals surface area contributed by atoms with Gasteiger partial charge in [0.05, 0.1) is 12.4 Å². The average Bonchev–Trinajstić information content (AvgIpc) is 2.36. The van der Waals surface area contributed by atoms with Crippen molar-refractivity contribution in [3.05, 3.63) is 12.7 Å². The van der Waals surface area contributed by atoms with Crippen molar-refractivity contribution in [2.75, 3.05) is 25.4 Å². The molecule has 0 saturated carbocycles.